The van der Waals surface area contributed by atoms with Crippen molar-refractivity contribution in [2.24, 2.45) is 0 Å². The molecule has 2 aliphatic rings. The zero-order valence-corrected chi connectivity index (χ0v) is 12.9. The second kappa shape index (κ2) is 6.65. The molecule has 5 heteroatoms. The number of piperidine rings is 1. The van der Waals surface area contributed by atoms with Crippen LogP contribution in [-0.2, 0) is 4.74 Å². The van der Waals surface area contributed by atoms with Crippen LogP contribution in [0, 0.1) is 11.3 Å². The number of benzene rings is 1. The first-order chi connectivity index (χ1) is 10.3. The fraction of sp³-hybridized carbons (Fsp3) is 0.562. The maximum absolute atomic E-state index is 9.27. The molecule has 0 aromatic heterocycles. The van der Waals surface area contributed by atoms with E-state index in [-0.39, 0.29) is 0 Å². The Morgan fingerprint density at radius 2 is 1.86 bits per heavy atom. The van der Waals surface area contributed by atoms with Gasteiger partial charge in [0.25, 0.3) is 0 Å². The van der Waals surface area contributed by atoms with Gasteiger partial charge in [0.15, 0.2) is 0 Å². The van der Waals surface area contributed by atoms with Crippen molar-refractivity contribution in [1.82, 2.24) is 4.90 Å². The fourth-order valence-electron chi connectivity index (χ4n) is 3.29. The third kappa shape index (κ3) is 3.32. The monoisotopic (exact) mass is 305 g/mol. The van der Waals surface area contributed by atoms with Gasteiger partial charge in [-0.2, -0.15) is 5.26 Å². The molecule has 1 aromatic rings. The summed E-state index contributed by atoms with van der Waals surface area (Å²) in [5.74, 6) is 0. The van der Waals surface area contributed by atoms with E-state index in [1.807, 2.05) is 12.1 Å². The highest BCUT2D eigenvalue weighted by Gasteiger charge is 2.26. The van der Waals surface area contributed by atoms with Gasteiger partial charge < -0.3 is 9.64 Å². The highest BCUT2D eigenvalue weighted by atomic mass is 35.5. The molecule has 0 spiro atoms. The van der Waals surface area contributed by atoms with Crippen LogP contribution in [0.25, 0.3) is 0 Å². The van der Waals surface area contributed by atoms with Crippen LogP contribution in [0.4, 0.5) is 5.69 Å². The van der Waals surface area contributed by atoms with E-state index in [9.17, 15) is 5.26 Å². The number of nitriles is 1. The number of hydrogen-bond acceptors (Lipinski definition) is 4. The van der Waals surface area contributed by atoms with Crippen LogP contribution in [0.3, 0.4) is 0 Å². The summed E-state index contributed by atoms with van der Waals surface area (Å²) in [5, 5.41) is 9.90. The molecule has 2 saturated heterocycles. The molecule has 0 bridgehead atoms. The largest absolute Gasteiger partial charge is 0.379 e. The normalized spacial score (nSPS) is 21.2. The lowest BCUT2D eigenvalue weighted by Crippen LogP contribution is -2.49. The topological polar surface area (TPSA) is 39.5 Å². The molecule has 0 aliphatic carbocycles. The summed E-state index contributed by atoms with van der Waals surface area (Å²) in [7, 11) is 0. The standard InChI is InChI=1S/C16H20ClN3O/c17-14-1-2-16(13(11-14)12-18)20-5-3-15(4-6-20)19-7-9-21-10-8-19/h1-2,11,15H,3-10H2. The van der Waals surface area contributed by atoms with E-state index >= 15 is 0 Å². The van der Waals surface area contributed by atoms with Crippen molar-refractivity contribution in [3.05, 3.63) is 28.8 Å². The second-order valence-electron chi connectivity index (χ2n) is 5.64. The average molecular weight is 306 g/mol. The Balaban J connectivity index is 1.64. The van der Waals surface area contributed by atoms with Crippen LogP contribution >= 0.6 is 11.6 Å². The predicted molar refractivity (Wildman–Crippen MR) is 83.8 cm³/mol. The molecule has 1 aromatic carbocycles. The van der Waals surface area contributed by atoms with Crippen LogP contribution in [0.15, 0.2) is 18.2 Å². The van der Waals surface area contributed by atoms with Crippen molar-refractivity contribution in [3.63, 3.8) is 0 Å². The van der Waals surface area contributed by atoms with E-state index in [1.54, 1.807) is 6.07 Å². The SMILES string of the molecule is N#Cc1cc(Cl)ccc1N1CCC(N2CCOCC2)CC1. The lowest BCUT2D eigenvalue weighted by atomic mass is 10.0. The highest BCUT2D eigenvalue weighted by molar-refractivity contribution is 6.30. The van der Waals surface area contributed by atoms with Crippen molar-refractivity contribution in [2.75, 3.05) is 44.3 Å². The van der Waals surface area contributed by atoms with Crippen molar-refractivity contribution < 1.29 is 4.74 Å². The Morgan fingerprint density at radius 1 is 1.14 bits per heavy atom. The van der Waals surface area contributed by atoms with Crippen LogP contribution in [0.2, 0.25) is 5.02 Å². The van der Waals surface area contributed by atoms with E-state index in [0.29, 0.717) is 16.6 Å². The van der Waals surface area contributed by atoms with Crippen molar-refractivity contribution in [2.45, 2.75) is 18.9 Å². The molecule has 2 aliphatic heterocycles. The van der Waals surface area contributed by atoms with E-state index in [4.69, 9.17) is 16.3 Å². The molecular formula is C16H20ClN3O. The van der Waals surface area contributed by atoms with Gasteiger partial charge in [-0.1, -0.05) is 11.6 Å². The summed E-state index contributed by atoms with van der Waals surface area (Å²) in [6.07, 6.45) is 2.29. The lowest BCUT2D eigenvalue weighted by molar-refractivity contribution is 0.0115. The van der Waals surface area contributed by atoms with E-state index in [2.05, 4.69) is 15.9 Å². The van der Waals surface area contributed by atoms with Crippen LogP contribution < -0.4 is 4.90 Å². The third-order valence-corrected chi connectivity index (χ3v) is 4.68. The second-order valence-corrected chi connectivity index (χ2v) is 6.08. The van der Waals surface area contributed by atoms with Crippen LogP contribution in [0.5, 0.6) is 0 Å². The minimum Gasteiger partial charge on any atom is -0.379 e. The molecule has 0 N–H and O–H groups in total. The molecule has 21 heavy (non-hydrogen) atoms. The fourth-order valence-corrected chi connectivity index (χ4v) is 3.46. The Bertz CT molecular complexity index is 529. The smallest absolute Gasteiger partial charge is 0.101 e. The molecule has 2 heterocycles. The molecule has 0 radical (unpaired) electrons. The van der Waals surface area contributed by atoms with Crippen LogP contribution in [0.1, 0.15) is 18.4 Å². The molecular weight excluding hydrogens is 286 g/mol. The molecule has 3 rings (SSSR count). The van der Waals surface area contributed by atoms with Gasteiger partial charge in [-0.3, -0.25) is 4.90 Å². The number of hydrogen-bond donors (Lipinski definition) is 0. The van der Waals surface area contributed by atoms with E-state index < -0.39 is 0 Å². The van der Waals surface area contributed by atoms with Gasteiger partial charge in [-0.15, -0.1) is 0 Å². The van der Waals surface area contributed by atoms with Crippen molar-refractivity contribution in [1.29, 1.82) is 5.26 Å². The molecule has 4 nitrogen and oxygen atoms in total. The lowest BCUT2D eigenvalue weighted by Gasteiger charge is -2.41. The third-order valence-electron chi connectivity index (χ3n) is 4.45. The highest BCUT2D eigenvalue weighted by Crippen LogP contribution is 2.28. The summed E-state index contributed by atoms with van der Waals surface area (Å²) >= 11 is 5.97. The molecule has 0 saturated carbocycles. The minimum atomic E-state index is 0.624. The van der Waals surface area contributed by atoms with E-state index in [1.165, 1.54) is 0 Å². The van der Waals surface area contributed by atoms with E-state index in [0.717, 1.165) is 57.9 Å². The maximum atomic E-state index is 9.27. The van der Waals surface area contributed by atoms with Gasteiger partial charge in [-0.25, -0.2) is 0 Å². The first kappa shape index (κ1) is 14.6. The summed E-state index contributed by atoms with van der Waals surface area (Å²) in [5.41, 5.74) is 1.69. The number of nitrogens with zero attached hydrogens (tertiary/aromatic N) is 3. The molecule has 112 valence electrons. The summed E-state index contributed by atoms with van der Waals surface area (Å²) in [6.45, 7) is 5.81. The molecule has 2 fully saturated rings. The van der Waals surface area contributed by atoms with Crippen LogP contribution in [-0.4, -0.2) is 50.3 Å². The number of ether oxygens (including phenoxy) is 1. The zero-order valence-electron chi connectivity index (χ0n) is 12.1. The number of morpholine rings is 1. The van der Waals surface area contributed by atoms with Gasteiger partial charge in [0.1, 0.15) is 6.07 Å². The molecule has 0 amide bonds. The first-order valence-electron chi connectivity index (χ1n) is 7.54. The summed E-state index contributed by atoms with van der Waals surface area (Å²) in [6, 6.07) is 8.50. The Morgan fingerprint density at radius 3 is 2.52 bits per heavy atom. The van der Waals surface area contributed by atoms with Gasteiger partial charge in [0.05, 0.1) is 24.5 Å². The zero-order chi connectivity index (χ0) is 14.7. The first-order valence-corrected chi connectivity index (χ1v) is 7.92. The Hall–Kier alpha value is -1.28. The molecule has 0 unspecified atom stereocenters. The Kier molecular flexibility index (Phi) is 4.64. The average Bonchev–Trinajstić information content (AvgIpc) is 2.56. The van der Waals surface area contributed by atoms with Gasteiger partial charge >= 0.3 is 0 Å². The van der Waals surface area contributed by atoms with Gasteiger partial charge in [0.2, 0.25) is 0 Å². The van der Waals surface area contributed by atoms with Crippen molar-refractivity contribution in [3.8, 4) is 6.07 Å². The number of halogens is 1. The maximum Gasteiger partial charge on any atom is 0.101 e. The quantitative estimate of drug-likeness (QED) is 0.842. The molecule has 0 atom stereocenters. The Labute approximate surface area is 130 Å². The number of anilines is 1. The number of rotatable bonds is 2. The summed E-state index contributed by atoms with van der Waals surface area (Å²) < 4.78 is 5.42. The predicted octanol–water partition coefficient (Wildman–Crippen LogP) is 2.51. The van der Waals surface area contributed by atoms with Crippen molar-refractivity contribution >= 4 is 17.3 Å². The summed E-state index contributed by atoms with van der Waals surface area (Å²) in [4.78, 5) is 4.86. The minimum absolute atomic E-state index is 0.624. The van der Waals surface area contributed by atoms with Gasteiger partial charge in [-0.05, 0) is 31.0 Å². The van der Waals surface area contributed by atoms with Gasteiger partial charge in [0, 0.05) is 37.2 Å².